The average Bonchev–Trinajstić information content (AvgIpc) is 2.31. The van der Waals surface area contributed by atoms with Gasteiger partial charge in [0.25, 0.3) is 5.17 Å². The quantitative estimate of drug-likeness (QED) is 0.343. The first-order valence-electron chi connectivity index (χ1n) is 6.09. The van der Waals surface area contributed by atoms with Gasteiger partial charge in [-0.3, -0.25) is 0 Å². The maximum absolute atomic E-state index is 5.38. The third-order valence-electron chi connectivity index (χ3n) is 2.22. The van der Waals surface area contributed by atoms with E-state index in [2.05, 4.69) is 0 Å². The normalized spacial score (nSPS) is 10.3. The summed E-state index contributed by atoms with van der Waals surface area (Å²) in [4.78, 5) is 1.81. The molecular weight excluding hydrogens is 238 g/mol. The van der Waals surface area contributed by atoms with E-state index in [1.54, 1.807) is 7.11 Å². The zero-order chi connectivity index (χ0) is 12.9. The first kappa shape index (κ1) is 16.6. The van der Waals surface area contributed by atoms with Gasteiger partial charge in [-0.1, -0.05) is 19.3 Å². The number of hydrogen-bond acceptors (Lipinski definition) is 4. The van der Waals surface area contributed by atoms with Gasteiger partial charge < -0.3 is 19.1 Å². The molecule has 0 rings (SSSR count). The van der Waals surface area contributed by atoms with Gasteiger partial charge in [0.2, 0.25) is 0 Å². The van der Waals surface area contributed by atoms with E-state index in [1.807, 2.05) is 19.0 Å². The summed E-state index contributed by atoms with van der Waals surface area (Å²) >= 11 is 5.01. The van der Waals surface area contributed by atoms with Crippen molar-refractivity contribution in [1.82, 2.24) is 4.90 Å². The van der Waals surface area contributed by atoms with Crippen molar-refractivity contribution in [2.75, 3.05) is 41.2 Å². The molecule has 0 aliphatic carbocycles. The van der Waals surface area contributed by atoms with Crippen molar-refractivity contribution in [3.8, 4) is 0 Å². The lowest BCUT2D eigenvalue weighted by atomic mass is 10.1. The lowest BCUT2D eigenvalue weighted by Gasteiger charge is -2.14. The van der Waals surface area contributed by atoms with E-state index in [-0.39, 0.29) is 0 Å². The molecule has 0 spiro atoms. The van der Waals surface area contributed by atoms with Crippen molar-refractivity contribution in [2.45, 2.75) is 32.1 Å². The molecule has 0 saturated heterocycles. The third kappa shape index (κ3) is 11.9. The van der Waals surface area contributed by atoms with E-state index >= 15 is 0 Å². The highest BCUT2D eigenvalue weighted by molar-refractivity contribution is 7.80. The molecule has 0 heterocycles. The van der Waals surface area contributed by atoms with E-state index in [1.165, 1.54) is 19.3 Å². The molecule has 0 saturated carbocycles. The van der Waals surface area contributed by atoms with Crippen molar-refractivity contribution < 1.29 is 14.2 Å². The number of nitrogens with zero attached hydrogens (tertiary/aromatic N) is 1. The minimum Gasteiger partial charge on any atom is -0.471 e. The van der Waals surface area contributed by atoms with Gasteiger partial charge in [-0.2, -0.15) is 0 Å². The van der Waals surface area contributed by atoms with Crippen LogP contribution in [0.4, 0.5) is 0 Å². The Morgan fingerprint density at radius 2 is 1.59 bits per heavy atom. The largest absolute Gasteiger partial charge is 0.471 e. The highest BCUT2D eigenvalue weighted by Gasteiger charge is 1.98. The molecule has 0 aliphatic heterocycles. The highest BCUT2D eigenvalue weighted by atomic mass is 32.1. The monoisotopic (exact) mass is 263 g/mol. The molecule has 5 heteroatoms. The lowest BCUT2D eigenvalue weighted by Crippen LogP contribution is -2.22. The number of unbranched alkanes of at least 4 members (excludes halogenated alkanes) is 4. The van der Waals surface area contributed by atoms with E-state index < -0.39 is 0 Å². The van der Waals surface area contributed by atoms with Gasteiger partial charge in [0, 0.05) is 27.8 Å². The molecule has 0 N–H and O–H groups in total. The van der Waals surface area contributed by atoms with Crippen molar-refractivity contribution >= 4 is 17.4 Å². The number of methoxy groups -OCH3 is 1. The second-order valence-electron chi connectivity index (χ2n) is 4.09. The highest BCUT2D eigenvalue weighted by Crippen LogP contribution is 2.04. The summed E-state index contributed by atoms with van der Waals surface area (Å²) < 4.78 is 15.4. The summed E-state index contributed by atoms with van der Waals surface area (Å²) in [7, 11) is 5.42. The predicted molar refractivity (Wildman–Crippen MR) is 73.2 cm³/mol. The Bertz CT molecular complexity index is 189. The summed E-state index contributed by atoms with van der Waals surface area (Å²) in [6.07, 6.45) is 5.75. The zero-order valence-corrected chi connectivity index (χ0v) is 12.1. The Morgan fingerprint density at radius 1 is 1.00 bits per heavy atom. The SMILES string of the molecule is COCOCCCCCCCOC(=S)N(C)C. The molecule has 0 aromatic rings. The molecule has 0 amide bonds. The lowest BCUT2D eigenvalue weighted by molar-refractivity contribution is -0.0315. The molecule has 0 fully saturated rings. The van der Waals surface area contributed by atoms with Crippen molar-refractivity contribution in [3.63, 3.8) is 0 Å². The van der Waals surface area contributed by atoms with Crippen LogP contribution in [-0.4, -0.2) is 51.3 Å². The summed E-state index contributed by atoms with van der Waals surface area (Å²) in [6.45, 7) is 1.90. The van der Waals surface area contributed by atoms with Crippen LogP contribution < -0.4 is 0 Å². The van der Waals surface area contributed by atoms with Crippen LogP contribution in [0.5, 0.6) is 0 Å². The van der Waals surface area contributed by atoms with Gasteiger partial charge in [0.15, 0.2) is 0 Å². The molecule has 0 unspecified atom stereocenters. The average molecular weight is 263 g/mol. The molecule has 0 aromatic carbocycles. The summed E-state index contributed by atoms with van der Waals surface area (Å²) in [6, 6.07) is 0. The molecule has 0 radical (unpaired) electrons. The van der Waals surface area contributed by atoms with Crippen molar-refractivity contribution in [2.24, 2.45) is 0 Å². The Kier molecular flexibility index (Phi) is 11.8. The van der Waals surface area contributed by atoms with Crippen LogP contribution in [0.15, 0.2) is 0 Å². The van der Waals surface area contributed by atoms with Gasteiger partial charge in [-0.15, -0.1) is 0 Å². The molecule has 0 aromatic heterocycles. The van der Waals surface area contributed by atoms with Crippen LogP contribution in [0.2, 0.25) is 0 Å². The smallest absolute Gasteiger partial charge is 0.258 e. The van der Waals surface area contributed by atoms with Crippen LogP contribution in [0.25, 0.3) is 0 Å². The summed E-state index contributed by atoms with van der Waals surface area (Å²) in [5.41, 5.74) is 0. The fourth-order valence-corrected chi connectivity index (χ4v) is 1.35. The van der Waals surface area contributed by atoms with Crippen LogP contribution in [0, 0.1) is 0 Å². The number of ether oxygens (including phenoxy) is 3. The van der Waals surface area contributed by atoms with Crippen molar-refractivity contribution in [1.29, 1.82) is 0 Å². The fourth-order valence-electron chi connectivity index (χ4n) is 1.27. The van der Waals surface area contributed by atoms with Crippen LogP contribution >= 0.6 is 12.2 Å². The van der Waals surface area contributed by atoms with Gasteiger partial charge >= 0.3 is 0 Å². The van der Waals surface area contributed by atoms with Gasteiger partial charge in [-0.25, -0.2) is 0 Å². The Hall–Kier alpha value is -0.390. The molecular formula is C12H25NO3S. The Morgan fingerprint density at radius 3 is 2.18 bits per heavy atom. The maximum Gasteiger partial charge on any atom is 0.258 e. The third-order valence-corrected chi connectivity index (χ3v) is 2.71. The van der Waals surface area contributed by atoms with E-state index in [4.69, 9.17) is 26.4 Å². The fraction of sp³-hybridized carbons (Fsp3) is 0.917. The predicted octanol–water partition coefficient (Wildman–Crippen LogP) is 2.42. The second kappa shape index (κ2) is 12.1. The topological polar surface area (TPSA) is 30.9 Å². The van der Waals surface area contributed by atoms with Gasteiger partial charge in [0.1, 0.15) is 6.79 Å². The van der Waals surface area contributed by atoms with Crippen LogP contribution in [-0.2, 0) is 14.2 Å². The van der Waals surface area contributed by atoms with Crippen LogP contribution in [0.1, 0.15) is 32.1 Å². The van der Waals surface area contributed by atoms with Crippen LogP contribution in [0.3, 0.4) is 0 Å². The maximum atomic E-state index is 5.38. The molecule has 0 atom stereocenters. The number of thiocarbonyl (C=S) groups is 1. The molecule has 4 nitrogen and oxygen atoms in total. The molecule has 17 heavy (non-hydrogen) atoms. The molecule has 0 aliphatic rings. The van der Waals surface area contributed by atoms with Crippen molar-refractivity contribution in [3.05, 3.63) is 0 Å². The van der Waals surface area contributed by atoms with Gasteiger partial charge in [0.05, 0.1) is 6.61 Å². The standard InChI is InChI=1S/C12H25NO3S/c1-13(2)12(17)16-10-8-6-4-5-7-9-15-11-14-3/h4-11H2,1-3H3. The van der Waals surface area contributed by atoms with E-state index in [0.717, 1.165) is 26.1 Å². The van der Waals surface area contributed by atoms with E-state index in [0.29, 0.717) is 12.0 Å². The van der Waals surface area contributed by atoms with Gasteiger partial charge in [-0.05, 0) is 25.1 Å². The Balaban J connectivity index is 3.06. The summed E-state index contributed by atoms with van der Waals surface area (Å²) in [5.74, 6) is 0. The minimum absolute atomic E-state index is 0.399. The first-order chi connectivity index (χ1) is 8.18. The molecule has 0 bridgehead atoms. The summed E-state index contributed by atoms with van der Waals surface area (Å²) in [5, 5.41) is 0.568. The Labute approximate surface area is 110 Å². The zero-order valence-electron chi connectivity index (χ0n) is 11.2. The van der Waals surface area contributed by atoms with E-state index in [9.17, 15) is 0 Å². The first-order valence-corrected chi connectivity index (χ1v) is 6.50. The number of hydrogen-bond donors (Lipinski definition) is 0. The molecule has 102 valence electrons. The minimum atomic E-state index is 0.399. The second-order valence-corrected chi connectivity index (χ2v) is 4.44. The number of rotatable bonds is 10.